The second-order valence-corrected chi connectivity index (χ2v) is 5.30. The van der Waals surface area contributed by atoms with Crippen LogP contribution in [0.3, 0.4) is 0 Å². The summed E-state index contributed by atoms with van der Waals surface area (Å²) in [5, 5.41) is 0. The smallest absolute Gasteiger partial charge is 0.311 e. The molecule has 3 heteroatoms. The van der Waals surface area contributed by atoms with Gasteiger partial charge in [-0.15, -0.1) is 0 Å². The van der Waals surface area contributed by atoms with Gasteiger partial charge in [-0.3, -0.25) is 4.79 Å². The lowest BCUT2D eigenvalue weighted by Crippen LogP contribution is -2.09. The third kappa shape index (κ3) is 4.62. The second-order valence-electron chi connectivity index (χ2n) is 5.30. The van der Waals surface area contributed by atoms with Crippen LogP contribution in [0.15, 0.2) is 42.5 Å². The number of ether oxygens (including phenoxy) is 2. The van der Waals surface area contributed by atoms with Crippen LogP contribution in [0.25, 0.3) is 0 Å². The van der Waals surface area contributed by atoms with Gasteiger partial charge in [-0.05, 0) is 68.1 Å². The van der Waals surface area contributed by atoms with Gasteiger partial charge in [0.05, 0.1) is 6.61 Å². The van der Waals surface area contributed by atoms with E-state index in [4.69, 9.17) is 9.47 Å². The Bertz CT molecular complexity index is 630. The molecule has 0 spiro atoms. The molecular weight excluding hydrogens is 276 g/mol. The molecular formula is C19H22O3. The quantitative estimate of drug-likeness (QED) is 0.591. The minimum atomic E-state index is -0.211. The van der Waals surface area contributed by atoms with Gasteiger partial charge in [0.1, 0.15) is 11.5 Å². The Morgan fingerprint density at radius 1 is 0.955 bits per heavy atom. The molecule has 2 aromatic rings. The topological polar surface area (TPSA) is 35.5 Å². The number of carbonyl (C=O) groups excluding carboxylic acids is 1. The van der Waals surface area contributed by atoms with Crippen molar-refractivity contribution in [1.82, 2.24) is 0 Å². The molecule has 0 heterocycles. The maximum Gasteiger partial charge on any atom is 0.311 e. The van der Waals surface area contributed by atoms with Gasteiger partial charge in [0.15, 0.2) is 0 Å². The second kappa shape index (κ2) is 7.64. The summed E-state index contributed by atoms with van der Waals surface area (Å²) in [5.74, 6) is 1.25. The largest absolute Gasteiger partial charge is 0.494 e. The summed E-state index contributed by atoms with van der Waals surface area (Å²) in [6.07, 6.45) is 1.02. The van der Waals surface area contributed by atoms with Crippen LogP contribution in [0.4, 0.5) is 0 Å². The molecule has 0 fully saturated rings. The predicted molar refractivity (Wildman–Crippen MR) is 87.5 cm³/mol. The van der Waals surface area contributed by atoms with E-state index in [1.807, 2.05) is 63.2 Å². The molecule has 0 aromatic heterocycles. The molecule has 3 nitrogen and oxygen atoms in total. The van der Waals surface area contributed by atoms with Crippen molar-refractivity contribution in [2.24, 2.45) is 0 Å². The van der Waals surface area contributed by atoms with Gasteiger partial charge in [-0.25, -0.2) is 0 Å². The number of benzene rings is 2. The zero-order valence-electron chi connectivity index (χ0n) is 13.4. The van der Waals surface area contributed by atoms with E-state index in [1.165, 1.54) is 5.56 Å². The summed E-state index contributed by atoms with van der Waals surface area (Å²) < 4.78 is 10.8. The molecule has 0 N–H and O–H groups in total. The lowest BCUT2D eigenvalue weighted by molar-refractivity contribution is -0.134. The van der Waals surface area contributed by atoms with Gasteiger partial charge in [0.25, 0.3) is 0 Å². The van der Waals surface area contributed by atoms with Crippen LogP contribution in [0.1, 0.15) is 30.0 Å². The molecule has 22 heavy (non-hydrogen) atoms. The Labute approximate surface area is 131 Å². The first kappa shape index (κ1) is 16.1. The average Bonchev–Trinajstić information content (AvgIpc) is 2.51. The van der Waals surface area contributed by atoms with Gasteiger partial charge in [-0.2, -0.15) is 0 Å². The lowest BCUT2D eigenvalue weighted by atomic mass is 10.1. The van der Waals surface area contributed by atoms with Crippen molar-refractivity contribution in [2.75, 3.05) is 6.61 Å². The van der Waals surface area contributed by atoms with Crippen LogP contribution in [-0.2, 0) is 11.2 Å². The van der Waals surface area contributed by atoms with Gasteiger partial charge < -0.3 is 9.47 Å². The first-order valence-electron chi connectivity index (χ1n) is 7.58. The number of carbonyl (C=O) groups is 1. The summed E-state index contributed by atoms with van der Waals surface area (Å²) in [7, 11) is 0. The fourth-order valence-corrected chi connectivity index (χ4v) is 2.13. The van der Waals surface area contributed by atoms with Crippen LogP contribution in [0, 0.1) is 13.8 Å². The van der Waals surface area contributed by atoms with E-state index in [2.05, 4.69) is 0 Å². The Kier molecular flexibility index (Phi) is 5.59. The Hall–Kier alpha value is -2.29. The SMILES string of the molecule is CCOc1ccc(CCC(=O)Oc2ccc(C)c(C)c2)cc1. The summed E-state index contributed by atoms with van der Waals surface area (Å²) >= 11 is 0. The number of esters is 1. The van der Waals surface area contributed by atoms with E-state index in [1.54, 1.807) is 0 Å². The van der Waals surface area contributed by atoms with Gasteiger partial charge in [0, 0.05) is 6.42 Å². The van der Waals surface area contributed by atoms with Gasteiger partial charge in [0.2, 0.25) is 0 Å². The minimum absolute atomic E-state index is 0.211. The average molecular weight is 298 g/mol. The first-order valence-corrected chi connectivity index (χ1v) is 7.58. The molecule has 0 saturated heterocycles. The predicted octanol–water partition coefficient (Wildman–Crippen LogP) is 4.24. The molecule has 2 rings (SSSR count). The van der Waals surface area contributed by atoms with Crippen molar-refractivity contribution in [3.8, 4) is 11.5 Å². The Morgan fingerprint density at radius 3 is 2.27 bits per heavy atom. The minimum Gasteiger partial charge on any atom is -0.494 e. The molecule has 0 saturated carbocycles. The van der Waals surface area contributed by atoms with Crippen molar-refractivity contribution < 1.29 is 14.3 Å². The van der Waals surface area contributed by atoms with E-state index in [-0.39, 0.29) is 5.97 Å². The van der Waals surface area contributed by atoms with Crippen LogP contribution in [-0.4, -0.2) is 12.6 Å². The third-order valence-electron chi connectivity index (χ3n) is 3.56. The summed E-state index contributed by atoms with van der Waals surface area (Å²) in [4.78, 5) is 11.9. The van der Waals surface area contributed by atoms with Gasteiger partial charge >= 0.3 is 5.97 Å². The normalized spacial score (nSPS) is 10.3. The highest BCUT2D eigenvalue weighted by Gasteiger charge is 2.06. The molecule has 116 valence electrons. The molecule has 0 aliphatic carbocycles. The zero-order valence-corrected chi connectivity index (χ0v) is 13.4. The van der Waals surface area contributed by atoms with E-state index >= 15 is 0 Å². The number of hydrogen-bond donors (Lipinski definition) is 0. The van der Waals surface area contributed by atoms with Crippen LogP contribution >= 0.6 is 0 Å². The standard InChI is InChI=1S/C19H22O3/c1-4-21-17-10-6-16(7-11-17)8-12-19(20)22-18-9-5-14(2)15(3)13-18/h5-7,9-11,13H,4,8,12H2,1-3H3. The van der Waals surface area contributed by atoms with E-state index in [9.17, 15) is 4.79 Å². The maximum atomic E-state index is 11.9. The highest BCUT2D eigenvalue weighted by atomic mass is 16.5. The number of aryl methyl sites for hydroxylation is 3. The monoisotopic (exact) mass is 298 g/mol. The summed E-state index contributed by atoms with van der Waals surface area (Å²) in [6, 6.07) is 13.5. The van der Waals surface area contributed by atoms with Crippen molar-refractivity contribution in [3.05, 3.63) is 59.2 Å². The fourth-order valence-electron chi connectivity index (χ4n) is 2.13. The van der Waals surface area contributed by atoms with Crippen molar-refractivity contribution in [3.63, 3.8) is 0 Å². The van der Waals surface area contributed by atoms with Crippen LogP contribution < -0.4 is 9.47 Å². The molecule has 0 unspecified atom stereocenters. The van der Waals surface area contributed by atoms with Crippen molar-refractivity contribution in [2.45, 2.75) is 33.6 Å². The van der Waals surface area contributed by atoms with E-state index in [0.717, 1.165) is 16.9 Å². The van der Waals surface area contributed by atoms with E-state index < -0.39 is 0 Å². The molecule has 0 aliphatic rings. The summed E-state index contributed by atoms with van der Waals surface area (Å²) in [6.45, 7) is 6.65. The number of hydrogen-bond acceptors (Lipinski definition) is 3. The molecule has 0 amide bonds. The maximum absolute atomic E-state index is 11.9. The number of rotatable bonds is 6. The molecule has 2 aromatic carbocycles. The Morgan fingerprint density at radius 2 is 1.64 bits per heavy atom. The van der Waals surface area contributed by atoms with Gasteiger partial charge in [-0.1, -0.05) is 18.2 Å². The van der Waals surface area contributed by atoms with Crippen LogP contribution in [0.5, 0.6) is 11.5 Å². The van der Waals surface area contributed by atoms with Crippen LogP contribution in [0.2, 0.25) is 0 Å². The first-order chi connectivity index (χ1) is 10.6. The Balaban J connectivity index is 1.85. The highest BCUT2D eigenvalue weighted by Crippen LogP contribution is 2.18. The highest BCUT2D eigenvalue weighted by molar-refractivity contribution is 5.72. The fraction of sp³-hybridized carbons (Fsp3) is 0.316. The summed E-state index contributed by atoms with van der Waals surface area (Å²) in [5.41, 5.74) is 3.41. The molecule has 0 atom stereocenters. The van der Waals surface area contributed by atoms with E-state index in [0.29, 0.717) is 25.2 Å². The molecule has 0 radical (unpaired) electrons. The zero-order chi connectivity index (χ0) is 15.9. The molecule has 0 bridgehead atoms. The molecule has 0 aliphatic heterocycles. The van der Waals surface area contributed by atoms with Crippen molar-refractivity contribution in [1.29, 1.82) is 0 Å². The van der Waals surface area contributed by atoms with Crippen molar-refractivity contribution >= 4 is 5.97 Å². The third-order valence-corrected chi connectivity index (χ3v) is 3.56. The lowest BCUT2D eigenvalue weighted by Gasteiger charge is -2.07.